The summed E-state index contributed by atoms with van der Waals surface area (Å²) in [6, 6.07) is 21.3. The van der Waals surface area contributed by atoms with Crippen LogP contribution in [-0.4, -0.2) is 40.1 Å². The number of thioether (sulfide) groups is 1. The summed E-state index contributed by atoms with van der Waals surface area (Å²) >= 11 is 7.45. The summed E-state index contributed by atoms with van der Waals surface area (Å²) in [6.07, 6.45) is 0.655. The quantitative estimate of drug-likeness (QED) is 0.401. The van der Waals surface area contributed by atoms with Gasteiger partial charge in [-0.25, -0.2) is 5.01 Å². The minimum Gasteiger partial charge on any atom is -0.497 e. The summed E-state index contributed by atoms with van der Waals surface area (Å²) in [6.45, 7) is 3.94. The summed E-state index contributed by atoms with van der Waals surface area (Å²) < 4.78 is 5.29. The molecule has 0 saturated heterocycles. The van der Waals surface area contributed by atoms with Crippen molar-refractivity contribution in [3.63, 3.8) is 0 Å². The normalized spacial score (nSPS) is 18.8. The van der Waals surface area contributed by atoms with Crippen LogP contribution in [0.5, 0.6) is 5.75 Å². The predicted molar refractivity (Wildman–Crippen MR) is 153 cm³/mol. The van der Waals surface area contributed by atoms with Gasteiger partial charge in [-0.1, -0.05) is 59.3 Å². The lowest BCUT2D eigenvalue weighted by atomic mass is 9.98. The Morgan fingerprint density at radius 3 is 2.53 bits per heavy atom. The third-order valence-corrected chi connectivity index (χ3v) is 8.10. The molecule has 3 aromatic rings. The number of rotatable bonds is 6. The van der Waals surface area contributed by atoms with Crippen LogP contribution >= 0.6 is 23.4 Å². The Morgan fingerprint density at radius 2 is 1.84 bits per heavy atom. The minimum atomic E-state index is -0.621. The van der Waals surface area contributed by atoms with E-state index in [9.17, 15) is 9.59 Å². The molecule has 0 aliphatic carbocycles. The number of nitrogens with zero attached hydrogens (tertiary/aromatic N) is 3. The van der Waals surface area contributed by atoms with Gasteiger partial charge in [0.25, 0.3) is 5.91 Å². The van der Waals surface area contributed by atoms with E-state index in [-0.39, 0.29) is 24.3 Å². The second-order valence-corrected chi connectivity index (χ2v) is 10.9. The fraction of sp³-hybridized carbons (Fsp3) is 0.241. The number of amides is 2. The number of methoxy groups -OCH3 is 1. The van der Waals surface area contributed by atoms with Crippen LogP contribution in [0.3, 0.4) is 0 Å². The second kappa shape index (κ2) is 11.0. The lowest BCUT2D eigenvalue weighted by molar-refractivity contribution is -0.121. The summed E-state index contributed by atoms with van der Waals surface area (Å²) in [4.78, 5) is 29.9. The topological polar surface area (TPSA) is 83.4 Å². The van der Waals surface area contributed by atoms with E-state index in [4.69, 9.17) is 21.4 Å². The van der Waals surface area contributed by atoms with Gasteiger partial charge in [0.15, 0.2) is 5.17 Å². The van der Waals surface area contributed by atoms with Crippen molar-refractivity contribution in [3.05, 3.63) is 94.0 Å². The summed E-state index contributed by atoms with van der Waals surface area (Å²) in [5.74, 6) is 0.165. The lowest BCUT2D eigenvalue weighted by Crippen LogP contribution is -2.25. The maximum Gasteiger partial charge on any atom is 0.262 e. The molecular weight excluding hydrogens is 520 g/mol. The molecule has 2 aliphatic heterocycles. The van der Waals surface area contributed by atoms with Crippen LogP contribution in [0, 0.1) is 13.8 Å². The van der Waals surface area contributed by atoms with Gasteiger partial charge in [-0.2, -0.15) is 10.1 Å². The smallest absolute Gasteiger partial charge is 0.262 e. The number of benzene rings is 3. The molecule has 2 amide bonds. The molecule has 1 N–H and O–H groups in total. The molecule has 38 heavy (non-hydrogen) atoms. The van der Waals surface area contributed by atoms with Gasteiger partial charge in [0.2, 0.25) is 5.91 Å². The Kier molecular flexibility index (Phi) is 7.53. The van der Waals surface area contributed by atoms with Crippen LogP contribution in [0.15, 0.2) is 76.8 Å². The number of hydrogen-bond donors (Lipinski definition) is 1. The lowest BCUT2D eigenvalue weighted by Gasteiger charge is -2.23. The predicted octanol–water partition coefficient (Wildman–Crippen LogP) is 6.14. The molecule has 7 nitrogen and oxygen atoms in total. The number of aliphatic imine (C=N–C) groups is 1. The average molecular weight is 547 g/mol. The summed E-state index contributed by atoms with van der Waals surface area (Å²) in [7, 11) is 1.64. The number of halogens is 1. The van der Waals surface area contributed by atoms with E-state index >= 15 is 0 Å². The number of amidine groups is 1. The first-order valence-corrected chi connectivity index (χ1v) is 13.5. The van der Waals surface area contributed by atoms with Gasteiger partial charge in [0.1, 0.15) is 11.0 Å². The molecule has 5 rings (SSSR count). The Bertz CT molecular complexity index is 1440. The van der Waals surface area contributed by atoms with Crippen molar-refractivity contribution in [2.24, 2.45) is 10.1 Å². The van der Waals surface area contributed by atoms with Crippen LogP contribution in [-0.2, 0) is 9.59 Å². The highest BCUT2D eigenvalue weighted by Crippen LogP contribution is 2.39. The molecule has 0 spiro atoms. The number of hydrogen-bond acceptors (Lipinski definition) is 6. The average Bonchev–Trinajstić information content (AvgIpc) is 3.51. The second-order valence-electron chi connectivity index (χ2n) is 9.31. The van der Waals surface area contributed by atoms with Crippen LogP contribution < -0.4 is 10.1 Å². The van der Waals surface area contributed by atoms with E-state index in [0.717, 1.165) is 28.2 Å². The fourth-order valence-corrected chi connectivity index (χ4v) is 5.59. The van der Waals surface area contributed by atoms with E-state index in [2.05, 4.69) is 34.6 Å². The molecule has 0 radical (unpaired) electrons. The van der Waals surface area contributed by atoms with Crippen molar-refractivity contribution in [1.29, 1.82) is 0 Å². The third kappa shape index (κ3) is 5.61. The molecule has 2 aliphatic rings. The number of carbonyl (C=O) groups excluding carboxylic acids is 2. The summed E-state index contributed by atoms with van der Waals surface area (Å²) in [5, 5.41) is 10.0. The van der Waals surface area contributed by atoms with E-state index in [1.54, 1.807) is 19.2 Å². The molecule has 194 valence electrons. The number of nitrogens with one attached hydrogen (secondary N) is 1. The van der Waals surface area contributed by atoms with Gasteiger partial charge in [0.05, 0.1) is 18.9 Å². The number of carbonyl (C=O) groups is 2. The maximum absolute atomic E-state index is 12.8. The molecule has 0 saturated carbocycles. The molecule has 2 unspecified atom stereocenters. The fourth-order valence-electron chi connectivity index (χ4n) is 4.35. The van der Waals surface area contributed by atoms with Crippen molar-refractivity contribution in [3.8, 4) is 5.75 Å². The van der Waals surface area contributed by atoms with Crippen LogP contribution in [0.4, 0.5) is 5.69 Å². The standard InChI is InChI=1S/C29H27ClN4O3S/c1-17-4-7-20(8-5-17)25-15-24(19-9-12-22(37-3)13-10-19)33-34(25)29-32-28(36)26(38-29)16-27(35)31-21-11-6-18(2)23(30)14-21/h4-14,25-26H,15-16H2,1-3H3,(H,31,35). The molecule has 0 fully saturated rings. The van der Waals surface area contributed by atoms with E-state index in [0.29, 0.717) is 22.3 Å². The highest BCUT2D eigenvalue weighted by atomic mass is 35.5. The number of ether oxygens (including phenoxy) is 1. The maximum atomic E-state index is 12.8. The molecule has 0 bridgehead atoms. The minimum absolute atomic E-state index is 0.0000845. The highest BCUT2D eigenvalue weighted by Gasteiger charge is 2.39. The van der Waals surface area contributed by atoms with E-state index in [1.807, 2.05) is 49.2 Å². The molecule has 3 aromatic carbocycles. The number of anilines is 1. The monoisotopic (exact) mass is 546 g/mol. The Hall–Kier alpha value is -3.62. The van der Waals surface area contributed by atoms with Crippen molar-refractivity contribution >= 4 is 51.7 Å². The number of aryl methyl sites for hydroxylation is 2. The Morgan fingerprint density at radius 1 is 1.11 bits per heavy atom. The van der Waals surface area contributed by atoms with Crippen molar-refractivity contribution < 1.29 is 14.3 Å². The van der Waals surface area contributed by atoms with Crippen molar-refractivity contribution in [2.75, 3.05) is 12.4 Å². The summed E-state index contributed by atoms with van der Waals surface area (Å²) in [5.41, 5.74) is 5.64. The molecular formula is C29H27ClN4O3S. The molecule has 9 heteroatoms. The Balaban J connectivity index is 1.34. The van der Waals surface area contributed by atoms with E-state index in [1.165, 1.54) is 17.3 Å². The largest absolute Gasteiger partial charge is 0.497 e. The van der Waals surface area contributed by atoms with Crippen LogP contribution in [0.1, 0.15) is 41.1 Å². The molecule has 2 atom stereocenters. The van der Waals surface area contributed by atoms with Crippen LogP contribution in [0.25, 0.3) is 0 Å². The first kappa shape index (κ1) is 26.0. The van der Waals surface area contributed by atoms with Gasteiger partial charge in [0, 0.05) is 23.6 Å². The Labute approximate surface area is 230 Å². The van der Waals surface area contributed by atoms with Gasteiger partial charge in [-0.3, -0.25) is 9.59 Å². The first-order chi connectivity index (χ1) is 18.3. The molecule has 2 heterocycles. The zero-order chi connectivity index (χ0) is 26.8. The third-order valence-electron chi connectivity index (χ3n) is 6.55. The zero-order valence-electron chi connectivity index (χ0n) is 21.3. The zero-order valence-corrected chi connectivity index (χ0v) is 22.8. The van der Waals surface area contributed by atoms with Gasteiger partial charge >= 0.3 is 0 Å². The SMILES string of the molecule is COc1ccc(C2=NN(C3=NC(=O)C(CC(=O)Nc4ccc(C)c(Cl)c4)S3)C(c3ccc(C)cc3)C2)cc1. The van der Waals surface area contributed by atoms with Gasteiger partial charge < -0.3 is 10.1 Å². The van der Waals surface area contributed by atoms with E-state index < -0.39 is 5.25 Å². The van der Waals surface area contributed by atoms with Crippen molar-refractivity contribution in [1.82, 2.24) is 5.01 Å². The van der Waals surface area contributed by atoms with Crippen molar-refractivity contribution in [2.45, 2.75) is 38.0 Å². The number of hydrazone groups is 1. The first-order valence-electron chi connectivity index (χ1n) is 12.2. The van der Waals surface area contributed by atoms with Gasteiger partial charge in [-0.05, 0) is 66.9 Å². The van der Waals surface area contributed by atoms with Gasteiger partial charge in [-0.15, -0.1) is 0 Å². The van der Waals surface area contributed by atoms with Crippen LogP contribution in [0.2, 0.25) is 5.02 Å². The molecule has 0 aromatic heterocycles. The highest BCUT2D eigenvalue weighted by molar-refractivity contribution is 8.15.